The van der Waals surface area contributed by atoms with E-state index in [-0.39, 0.29) is 11.4 Å². The number of nitrogens with zero attached hydrogens (tertiary/aromatic N) is 4. The van der Waals surface area contributed by atoms with Crippen LogP contribution in [-0.4, -0.2) is 16.5 Å². The number of nitro groups is 2. The first kappa shape index (κ1) is 10.7. The van der Waals surface area contributed by atoms with E-state index in [0.717, 1.165) is 0 Å². The Kier molecular flexibility index (Phi) is 3.38. The molecule has 1 aromatic rings. The van der Waals surface area contributed by atoms with Gasteiger partial charge in [0, 0.05) is 11.0 Å². The molecule has 0 atom stereocenters. The van der Waals surface area contributed by atoms with E-state index in [1.165, 1.54) is 24.3 Å². The van der Waals surface area contributed by atoms with E-state index < -0.39 is 16.5 Å². The molecule has 0 aliphatic heterocycles. The average Bonchev–Trinajstić information content (AvgIpc) is 2.17. The quantitative estimate of drug-likeness (QED) is 0.429. The number of hydrogen-bond donors (Lipinski definition) is 0. The Balaban J connectivity index is 2.89. The predicted octanol–water partition coefficient (Wildman–Crippen LogP) is 1.91. The fourth-order valence-electron chi connectivity index (χ4n) is 0.863. The lowest BCUT2D eigenvalue weighted by molar-refractivity contribution is -0.478. The van der Waals surface area contributed by atoms with Crippen LogP contribution in [0.5, 0.6) is 0 Å². The number of hydrogen-bond acceptors (Lipinski definition) is 6. The molecule has 15 heavy (non-hydrogen) atoms. The summed E-state index contributed by atoms with van der Waals surface area (Å²) in [6.45, 7) is -0.702. The SMILES string of the molecule is O=[N+]([O-])CN=Nc1ccccc1[N+](=O)[O-]. The molecule has 8 nitrogen and oxygen atoms in total. The van der Waals surface area contributed by atoms with Crippen LogP contribution in [0.1, 0.15) is 0 Å². The lowest BCUT2D eigenvalue weighted by atomic mass is 10.3. The number of azo groups is 1. The van der Waals surface area contributed by atoms with Crippen molar-refractivity contribution in [3.8, 4) is 0 Å². The topological polar surface area (TPSA) is 111 Å². The highest BCUT2D eigenvalue weighted by Crippen LogP contribution is 2.26. The molecular formula is C7H6N4O4. The van der Waals surface area contributed by atoms with E-state index in [0.29, 0.717) is 0 Å². The minimum absolute atomic E-state index is 0.00403. The molecule has 78 valence electrons. The predicted molar refractivity (Wildman–Crippen MR) is 49.5 cm³/mol. The zero-order valence-corrected chi connectivity index (χ0v) is 7.44. The molecule has 0 spiro atoms. The van der Waals surface area contributed by atoms with Crippen LogP contribution in [-0.2, 0) is 0 Å². The van der Waals surface area contributed by atoms with Crippen molar-refractivity contribution < 1.29 is 9.85 Å². The van der Waals surface area contributed by atoms with Crippen LogP contribution in [0.15, 0.2) is 34.5 Å². The maximum absolute atomic E-state index is 10.5. The molecule has 0 aliphatic carbocycles. The summed E-state index contributed by atoms with van der Waals surface area (Å²) in [5, 5.41) is 27.0. The zero-order valence-electron chi connectivity index (χ0n) is 7.44. The molecule has 0 bridgehead atoms. The maximum Gasteiger partial charge on any atom is 0.312 e. The van der Waals surface area contributed by atoms with Gasteiger partial charge in [-0.2, -0.15) is 0 Å². The Morgan fingerprint density at radius 2 is 1.87 bits per heavy atom. The maximum atomic E-state index is 10.5. The summed E-state index contributed by atoms with van der Waals surface area (Å²) >= 11 is 0. The van der Waals surface area contributed by atoms with Crippen molar-refractivity contribution in [1.82, 2.24) is 0 Å². The smallest absolute Gasteiger partial charge is 0.262 e. The minimum Gasteiger partial charge on any atom is -0.262 e. The van der Waals surface area contributed by atoms with Gasteiger partial charge in [-0.3, -0.25) is 20.2 Å². The van der Waals surface area contributed by atoms with Crippen molar-refractivity contribution >= 4 is 11.4 Å². The molecule has 0 radical (unpaired) electrons. The molecule has 0 saturated carbocycles. The van der Waals surface area contributed by atoms with Gasteiger partial charge in [-0.15, -0.1) is 10.2 Å². The molecule has 0 N–H and O–H groups in total. The third-order valence-electron chi connectivity index (χ3n) is 1.44. The lowest BCUT2D eigenvalue weighted by Gasteiger charge is -1.93. The van der Waals surface area contributed by atoms with E-state index in [9.17, 15) is 20.2 Å². The molecule has 0 fully saturated rings. The van der Waals surface area contributed by atoms with Crippen molar-refractivity contribution in [2.45, 2.75) is 0 Å². The van der Waals surface area contributed by atoms with Gasteiger partial charge in [0.05, 0.1) is 4.92 Å². The summed E-state index contributed by atoms with van der Waals surface area (Å²) in [7, 11) is 0. The number of para-hydroxylation sites is 1. The fraction of sp³-hybridized carbons (Fsp3) is 0.143. The first-order chi connectivity index (χ1) is 7.11. The summed E-state index contributed by atoms with van der Waals surface area (Å²) in [6, 6.07) is 5.63. The Bertz CT molecular complexity index is 417. The second kappa shape index (κ2) is 4.74. The highest BCUT2D eigenvalue weighted by molar-refractivity contribution is 5.56. The van der Waals surface area contributed by atoms with Gasteiger partial charge in [0.1, 0.15) is 0 Å². The van der Waals surface area contributed by atoms with Crippen molar-refractivity contribution in [2.24, 2.45) is 10.2 Å². The van der Waals surface area contributed by atoms with Crippen LogP contribution in [0.3, 0.4) is 0 Å². The number of rotatable bonds is 4. The summed E-state index contributed by atoms with van der Waals surface area (Å²) in [4.78, 5) is 19.1. The highest BCUT2D eigenvalue weighted by Gasteiger charge is 2.11. The Labute approximate surface area is 83.5 Å². The van der Waals surface area contributed by atoms with E-state index in [1.54, 1.807) is 0 Å². The average molecular weight is 210 g/mol. The molecule has 0 aliphatic rings. The number of benzene rings is 1. The molecular weight excluding hydrogens is 204 g/mol. The molecule has 0 saturated heterocycles. The van der Waals surface area contributed by atoms with Crippen LogP contribution < -0.4 is 0 Å². The Hall–Kier alpha value is -2.38. The standard InChI is InChI=1S/C7H6N4O4/c12-10(13)5-8-9-6-3-1-2-4-7(6)11(14)15/h1-4H,5H2. The fourth-order valence-corrected chi connectivity index (χ4v) is 0.863. The monoisotopic (exact) mass is 210 g/mol. The lowest BCUT2D eigenvalue weighted by Crippen LogP contribution is -1.95. The molecule has 8 heteroatoms. The van der Waals surface area contributed by atoms with Gasteiger partial charge in [-0.25, -0.2) is 0 Å². The summed E-state index contributed by atoms with van der Waals surface area (Å²) in [6.07, 6.45) is 0. The van der Waals surface area contributed by atoms with Crippen LogP contribution in [0, 0.1) is 20.2 Å². The normalized spacial score (nSPS) is 10.4. The van der Waals surface area contributed by atoms with Crippen LogP contribution in [0.25, 0.3) is 0 Å². The molecule has 0 amide bonds. The third kappa shape index (κ3) is 3.10. The Morgan fingerprint density at radius 3 is 2.47 bits per heavy atom. The van der Waals surface area contributed by atoms with Gasteiger partial charge in [0.15, 0.2) is 5.69 Å². The Morgan fingerprint density at radius 1 is 1.20 bits per heavy atom. The molecule has 1 aromatic carbocycles. The van der Waals surface area contributed by atoms with Gasteiger partial charge in [-0.1, -0.05) is 12.1 Å². The summed E-state index contributed by atoms with van der Waals surface area (Å²) in [5.41, 5.74) is -0.228. The highest BCUT2D eigenvalue weighted by atomic mass is 16.6. The molecule has 1 rings (SSSR count). The van der Waals surface area contributed by atoms with Crippen molar-refractivity contribution in [1.29, 1.82) is 0 Å². The zero-order chi connectivity index (χ0) is 11.3. The van der Waals surface area contributed by atoms with Crippen molar-refractivity contribution in [2.75, 3.05) is 6.67 Å². The van der Waals surface area contributed by atoms with Gasteiger partial charge in [-0.05, 0) is 6.07 Å². The van der Waals surface area contributed by atoms with Crippen LogP contribution in [0.2, 0.25) is 0 Å². The first-order valence-corrected chi connectivity index (χ1v) is 3.84. The molecule has 0 unspecified atom stereocenters. The summed E-state index contributed by atoms with van der Waals surface area (Å²) in [5.74, 6) is 0. The molecule has 0 aromatic heterocycles. The number of nitro benzene ring substituents is 1. The van der Waals surface area contributed by atoms with E-state index in [2.05, 4.69) is 10.2 Å². The molecule has 0 heterocycles. The van der Waals surface area contributed by atoms with Crippen LogP contribution >= 0.6 is 0 Å². The van der Waals surface area contributed by atoms with E-state index in [4.69, 9.17) is 0 Å². The van der Waals surface area contributed by atoms with Crippen molar-refractivity contribution in [3.05, 3.63) is 44.5 Å². The second-order valence-corrected chi connectivity index (χ2v) is 2.46. The van der Waals surface area contributed by atoms with E-state index >= 15 is 0 Å². The van der Waals surface area contributed by atoms with Crippen LogP contribution in [0.4, 0.5) is 11.4 Å². The van der Waals surface area contributed by atoms with Gasteiger partial charge < -0.3 is 0 Å². The van der Waals surface area contributed by atoms with E-state index in [1.807, 2.05) is 0 Å². The summed E-state index contributed by atoms with van der Waals surface area (Å²) < 4.78 is 0. The van der Waals surface area contributed by atoms with Gasteiger partial charge in [0.2, 0.25) is 0 Å². The largest absolute Gasteiger partial charge is 0.312 e. The van der Waals surface area contributed by atoms with Gasteiger partial charge >= 0.3 is 6.67 Å². The van der Waals surface area contributed by atoms with Crippen molar-refractivity contribution in [3.63, 3.8) is 0 Å². The first-order valence-electron chi connectivity index (χ1n) is 3.84. The minimum atomic E-state index is -0.702. The second-order valence-electron chi connectivity index (χ2n) is 2.46. The third-order valence-corrected chi connectivity index (χ3v) is 1.44. The van der Waals surface area contributed by atoms with Gasteiger partial charge in [0.25, 0.3) is 5.69 Å².